The van der Waals surface area contributed by atoms with E-state index in [1.165, 1.54) is 11.1 Å². The number of benzene rings is 1. The van der Waals surface area contributed by atoms with E-state index in [-0.39, 0.29) is 0 Å². The zero-order valence-corrected chi connectivity index (χ0v) is 8.65. The quantitative estimate of drug-likeness (QED) is 0.684. The maximum absolute atomic E-state index is 4.27. The Morgan fingerprint density at radius 2 is 1.71 bits per heavy atom. The highest BCUT2D eigenvalue weighted by Crippen LogP contribution is 2.17. The van der Waals surface area contributed by atoms with E-state index in [0.29, 0.717) is 0 Å². The van der Waals surface area contributed by atoms with Crippen LogP contribution >= 0.6 is 0 Å². The smallest absolute Gasteiger partial charge is 0.181 e. The van der Waals surface area contributed by atoms with E-state index < -0.39 is 0 Å². The maximum atomic E-state index is 4.27. The Morgan fingerprint density at radius 1 is 1.07 bits per heavy atom. The van der Waals surface area contributed by atoms with Crippen LogP contribution in [0.3, 0.4) is 0 Å². The molecule has 0 atom stereocenters. The monoisotopic (exact) mass is 187 g/mol. The van der Waals surface area contributed by atoms with Crippen molar-refractivity contribution >= 4 is 0 Å². The topological polar surface area (TPSA) is 30.7 Å². The molecule has 0 unspecified atom stereocenters. The van der Waals surface area contributed by atoms with E-state index in [1.807, 2.05) is 7.05 Å². The maximum Gasteiger partial charge on any atom is 0.181 e. The molecular formula is C11H13N3. The lowest BCUT2D eigenvalue weighted by Crippen LogP contribution is -1.89. The van der Waals surface area contributed by atoms with Gasteiger partial charge in [-0.3, -0.25) is 4.68 Å². The van der Waals surface area contributed by atoms with Crippen molar-refractivity contribution in [2.24, 2.45) is 7.05 Å². The van der Waals surface area contributed by atoms with Crippen LogP contribution in [0.15, 0.2) is 24.5 Å². The third-order valence-electron chi connectivity index (χ3n) is 2.08. The molecule has 3 heteroatoms. The van der Waals surface area contributed by atoms with E-state index in [1.54, 1.807) is 11.0 Å². The van der Waals surface area contributed by atoms with Crippen LogP contribution in [0.25, 0.3) is 11.4 Å². The summed E-state index contributed by atoms with van der Waals surface area (Å²) >= 11 is 0. The van der Waals surface area contributed by atoms with Gasteiger partial charge in [0.15, 0.2) is 5.82 Å². The second-order valence-electron chi connectivity index (χ2n) is 3.62. The highest BCUT2D eigenvalue weighted by atomic mass is 15.3. The first-order valence-electron chi connectivity index (χ1n) is 4.59. The molecule has 0 radical (unpaired) electrons. The molecule has 0 spiro atoms. The van der Waals surface area contributed by atoms with Gasteiger partial charge in [0.1, 0.15) is 6.33 Å². The highest BCUT2D eigenvalue weighted by Gasteiger charge is 2.03. The molecule has 0 fully saturated rings. The van der Waals surface area contributed by atoms with Gasteiger partial charge in [-0.25, -0.2) is 4.98 Å². The zero-order chi connectivity index (χ0) is 10.1. The van der Waals surface area contributed by atoms with Crippen molar-refractivity contribution in [1.82, 2.24) is 14.8 Å². The van der Waals surface area contributed by atoms with Gasteiger partial charge in [0.2, 0.25) is 0 Å². The van der Waals surface area contributed by atoms with Crippen molar-refractivity contribution in [3.63, 3.8) is 0 Å². The largest absolute Gasteiger partial charge is 0.255 e. The van der Waals surface area contributed by atoms with Crippen molar-refractivity contribution < 1.29 is 0 Å². The highest BCUT2D eigenvalue weighted by molar-refractivity contribution is 5.56. The van der Waals surface area contributed by atoms with Crippen LogP contribution in [-0.4, -0.2) is 14.8 Å². The minimum Gasteiger partial charge on any atom is -0.255 e. The van der Waals surface area contributed by atoms with E-state index >= 15 is 0 Å². The van der Waals surface area contributed by atoms with Crippen molar-refractivity contribution in [1.29, 1.82) is 0 Å². The molecule has 0 aliphatic heterocycles. The molecule has 0 saturated heterocycles. The molecule has 72 valence electrons. The molecule has 2 aromatic rings. The summed E-state index contributed by atoms with van der Waals surface area (Å²) < 4.78 is 1.72. The third-order valence-corrected chi connectivity index (χ3v) is 2.08. The average Bonchev–Trinajstić information content (AvgIpc) is 2.50. The van der Waals surface area contributed by atoms with Crippen molar-refractivity contribution in [3.05, 3.63) is 35.7 Å². The second kappa shape index (κ2) is 3.25. The van der Waals surface area contributed by atoms with Crippen molar-refractivity contribution in [2.45, 2.75) is 13.8 Å². The molecular weight excluding hydrogens is 174 g/mol. The lowest BCUT2D eigenvalue weighted by molar-refractivity contribution is 0.768. The summed E-state index contributed by atoms with van der Waals surface area (Å²) in [6, 6.07) is 6.34. The van der Waals surface area contributed by atoms with Gasteiger partial charge in [0.05, 0.1) is 0 Å². The van der Waals surface area contributed by atoms with Crippen LogP contribution in [0.1, 0.15) is 11.1 Å². The van der Waals surface area contributed by atoms with Gasteiger partial charge < -0.3 is 0 Å². The van der Waals surface area contributed by atoms with Gasteiger partial charge in [-0.2, -0.15) is 5.10 Å². The lowest BCUT2D eigenvalue weighted by Gasteiger charge is -2.00. The summed E-state index contributed by atoms with van der Waals surface area (Å²) in [6.07, 6.45) is 1.72. The summed E-state index contributed by atoms with van der Waals surface area (Å²) in [5, 5.41) is 4.27. The van der Waals surface area contributed by atoms with E-state index in [4.69, 9.17) is 0 Å². The minimum absolute atomic E-state index is 0.791. The van der Waals surface area contributed by atoms with Gasteiger partial charge in [-0.05, 0) is 26.0 Å². The van der Waals surface area contributed by atoms with Crippen LogP contribution < -0.4 is 0 Å². The van der Waals surface area contributed by atoms with Gasteiger partial charge in [0, 0.05) is 12.6 Å². The molecule has 0 N–H and O–H groups in total. The van der Waals surface area contributed by atoms with Gasteiger partial charge in [0.25, 0.3) is 0 Å². The fourth-order valence-corrected chi connectivity index (χ4v) is 1.58. The first kappa shape index (κ1) is 8.94. The Kier molecular flexibility index (Phi) is 2.08. The Balaban J connectivity index is 2.51. The lowest BCUT2D eigenvalue weighted by atomic mass is 10.1. The molecule has 2 rings (SSSR count). The Morgan fingerprint density at radius 3 is 2.21 bits per heavy atom. The molecule has 1 aromatic carbocycles. The predicted molar refractivity (Wildman–Crippen MR) is 55.9 cm³/mol. The number of hydrogen-bond donors (Lipinski definition) is 0. The number of hydrogen-bond acceptors (Lipinski definition) is 2. The van der Waals surface area contributed by atoms with Crippen molar-refractivity contribution in [2.75, 3.05) is 0 Å². The Labute approximate surface area is 83.4 Å². The minimum atomic E-state index is 0.791. The zero-order valence-electron chi connectivity index (χ0n) is 8.65. The molecule has 0 saturated carbocycles. The number of rotatable bonds is 1. The fraction of sp³-hybridized carbons (Fsp3) is 0.273. The summed E-state index contributed by atoms with van der Waals surface area (Å²) in [5.74, 6) is 0.791. The Bertz CT molecular complexity index is 437. The molecule has 3 nitrogen and oxygen atoms in total. The van der Waals surface area contributed by atoms with Gasteiger partial charge in [-0.1, -0.05) is 17.2 Å². The van der Waals surface area contributed by atoms with Crippen LogP contribution in [0, 0.1) is 13.8 Å². The Hall–Kier alpha value is -1.64. The summed E-state index contributed by atoms with van der Waals surface area (Å²) in [4.78, 5) is 4.22. The summed E-state index contributed by atoms with van der Waals surface area (Å²) in [5.41, 5.74) is 3.57. The predicted octanol–water partition coefficient (Wildman–Crippen LogP) is 2.10. The van der Waals surface area contributed by atoms with E-state index in [2.05, 4.69) is 42.1 Å². The number of nitrogens with zero attached hydrogens (tertiary/aromatic N) is 3. The van der Waals surface area contributed by atoms with Crippen molar-refractivity contribution in [3.8, 4) is 11.4 Å². The van der Waals surface area contributed by atoms with Crippen LogP contribution in [-0.2, 0) is 7.05 Å². The molecule has 1 heterocycles. The van der Waals surface area contributed by atoms with Crippen LogP contribution in [0.2, 0.25) is 0 Å². The normalized spacial score (nSPS) is 10.5. The first-order valence-corrected chi connectivity index (χ1v) is 4.59. The van der Waals surface area contributed by atoms with Crippen LogP contribution in [0.4, 0.5) is 0 Å². The molecule has 1 aromatic heterocycles. The van der Waals surface area contributed by atoms with Gasteiger partial charge in [-0.15, -0.1) is 0 Å². The van der Waals surface area contributed by atoms with E-state index in [0.717, 1.165) is 11.4 Å². The third kappa shape index (κ3) is 1.66. The standard InChI is InChI=1S/C11H13N3/c1-8-4-9(2)6-10(5-8)11-12-7-14(3)13-11/h4-7H,1-3H3. The SMILES string of the molecule is Cc1cc(C)cc(-c2ncn(C)n2)c1. The molecule has 0 aliphatic rings. The molecule has 0 bridgehead atoms. The number of aryl methyl sites for hydroxylation is 3. The van der Waals surface area contributed by atoms with Crippen LogP contribution in [0.5, 0.6) is 0 Å². The first-order chi connectivity index (χ1) is 6.65. The molecule has 0 amide bonds. The molecule has 14 heavy (non-hydrogen) atoms. The number of aromatic nitrogens is 3. The average molecular weight is 187 g/mol. The van der Waals surface area contributed by atoms with E-state index in [9.17, 15) is 0 Å². The summed E-state index contributed by atoms with van der Waals surface area (Å²) in [6.45, 7) is 4.17. The fourth-order valence-electron chi connectivity index (χ4n) is 1.58. The molecule has 0 aliphatic carbocycles. The summed E-state index contributed by atoms with van der Waals surface area (Å²) in [7, 11) is 1.87. The van der Waals surface area contributed by atoms with Gasteiger partial charge >= 0.3 is 0 Å². The second-order valence-corrected chi connectivity index (χ2v) is 3.62.